The fourth-order valence-corrected chi connectivity index (χ4v) is 3.67. The molecular formula is C22H23FN4O4S. The number of hydrogen-bond donors (Lipinski definition) is 3. The molecule has 0 saturated carbocycles. The van der Waals surface area contributed by atoms with Gasteiger partial charge < -0.3 is 25.0 Å². The summed E-state index contributed by atoms with van der Waals surface area (Å²) in [7, 11) is 1.52. The summed E-state index contributed by atoms with van der Waals surface area (Å²) in [6, 6.07) is 12.9. The van der Waals surface area contributed by atoms with Gasteiger partial charge in [-0.2, -0.15) is 0 Å². The Bertz CT molecular complexity index is 1070. The second-order valence-electron chi connectivity index (χ2n) is 6.72. The summed E-state index contributed by atoms with van der Waals surface area (Å²) >= 11 is 1.15. The fraction of sp³-hybridized carbons (Fsp3) is 0.227. The van der Waals surface area contributed by atoms with Crippen LogP contribution in [0.1, 0.15) is 11.3 Å². The van der Waals surface area contributed by atoms with Crippen LogP contribution in [0.25, 0.3) is 0 Å². The molecule has 0 unspecified atom stereocenters. The molecule has 1 heterocycles. The SMILES string of the molecule is COc1ccccc1NC(=O)CSc1ncc(CO)n1CC(=O)NCc1ccc(F)cc1. The van der Waals surface area contributed by atoms with E-state index in [1.807, 2.05) is 0 Å². The molecule has 2 amide bonds. The molecule has 10 heteroatoms. The van der Waals surface area contributed by atoms with Crippen LogP contribution in [0.2, 0.25) is 0 Å². The number of imidazole rings is 1. The number of benzene rings is 2. The van der Waals surface area contributed by atoms with E-state index in [2.05, 4.69) is 15.6 Å². The third kappa shape index (κ3) is 6.32. The lowest BCUT2D eigenvalue weighted by atomic mass is 10.2. The lowest BCUT2D eigenvalue weighted by molar-refractivity contribution is -0.122. The van der Waals surface area contributed by atoms with E-state index < -0.39 is 0 Å². The average Bonchev–Trinajstić information content (AvgIpc) is 3.19. The van der Waals surface area contributed by atoms with E-state index in [1.54, 1.807) is 41.0 Å². The van der Waals surface area contributed by atoms with E-state index in [9.17, 15) is 19.1 Å². The number of carbonyl (C=O) groups is 2. The predicted octanol–water partition coefficient (Wildman–Crippen LogP) is 2.57. The minimum Gasteiger partial charge on any atom is -0.495 e. The normalized spacial score (nSPS) is 10.6. The van der Waals surface area contributed by atoms with Crippen molar-refractivity contribution in [3.05, 3.63) is 71.8 Å². The van der Waals surface area contributed by atoms with Crippen molar-refractivity contribution in [3.63, 3.8) is 0 Å². The first kappa shape index (κ1) is 23.3. The first-order valence-electron chi connectivity index (χ1n) is 9.72. The molecule has 3 N–H and O–H groups in total. The number of halogens is 1. The zero-order chi connectivity index (χ0) is 22.9. The molecule has 3 rings (SSSR count). The summed E-state index contributed by atoms with van der Waals surface area (Å²) in [6.45, 7) is -0.133. The van der Waals surface area contributed by atoms with E-state index in [0.717, 1.165) is 17.3 Å². The number of rotatable bonds is 10. The Morgan fingerprint density at radius 3 is 2.62 bits per heavy atom. The van der Waals surface area contributed by atoms with Gasteiger partial charge in [-0.1, -0.05) is 36.0 Å². The smallest absolute Gasteiger partial charge is 0.240 e. The summed E-state index contributed by atoms with van der Waals surface area (Å²) in [4.78, 5) is 29.0. The highest BCUT2D eigenvalue weighted by atomic mass is 32.2. The molecule has 3 aromatic rings. The van der Waals surface area contributed by atoms with E-state index in [-0.39, 0.29) is 43.1 Å². The third-order valence-corrected chi connectivity index (χ3v) is 5.47. The molecule has 0 radical (unpaired) electrons. The van der Waals surface area contributed by atoms with Crippen LogP contribution in [0.3, 0.4) is 0 Å². The van der Waals surface area contributed by atoms with Gasteiger partial charge in [0, 0.05) is 6.54 Å². The second-order valence-corrected chi connectivity index (χ2v) is 7.66. The molecule has 1 aromatic heterocycles. The topological polar surface area (TPSA) is 105 Å². The Labute approximate surface area is 188 Å². The molecule has 2 aromatic carbocycles. The fourth-order valence-electron chi connectivity index (χ4n) is 2.87. The highest BCUT2D eigenvalue weighted by molar-refractivity contribution is 7.99. The number of nitrogens with one attached hydrogen (secondary N) is 2. The molecule has 0 fully saturated rings. The van der Waals surface area contributed by atoms with Crippen molar-refractivity contribution < 1.29 is 23.8 Å². The van der Waals surface area contributed by atoms with Crippen LogP contribution in [-0.4, -0.2) is 39.3 Å². The molecule has 168 valence electrons. The average molecular weight is 459 g/mol. The van der Waals surface area contributed by atoms with Gasteiger partial charge in [-0.15, -0.1) is 0 Å². The maximum atomic E-state index is 13.0. The van der Waals surface area contributed by atoms with Crippen molar-refractivity contribution >= 4 is 29.3 Å². The van der Waals surface area contributed by atoms with Crippen molar-refractivity contribution in [2.24, 2.45) is 0 Å². The van der Waals surface area contributed by atoms with E-state index >= 15 is 0 Å². The van der Waals surface area contributed by atoms with E-state index in [4.69, 9.17) is 4.74 Å². The number of amides is 2. The first-order chi connectivity index (χ1) is 15.5. The quantitative estimate of drug-likeness (QED) is 0.404. The van der Waals surface area contributed by atoms with E-state index in [1.165, 1.54) is 25.4 Å². The van der Waals surface area contributed by atoms with Gasteiger partial charge in [0.05, 0.1) is 37.0 Å². The zero-order valence-electron chi connectivity index (χ0n) is 17.4. The predicted molar refractivity (Wildman–Crippen MR) is 119 cm³/mol. The Kier molecular flexibility index (Phi) is 8.23. The van der Waals surface area contributed by atoms with Crippen molar-refractivity contribution in [2.45, 2.75) is 24.9 Å². The monoisotopic (exact) mass is 458 g/mol. The van der Waals surface area contributed by atoms with Gasteiger partial charge >= 0.3 is 0 Å². The Morgan fingerprint density at radius 1 is 1.16 bits per heavy atom. The van der Waals surface area contributed by atoms with Gasteiger partial charge in [-0.3, -0.25) is 9.59 Å². The van der Waals surface area contributed by atoms with Crippen LogP contribution >= 0.6 is 11.8 Å². The largest absolute Gasteiger partial charge is 0.495 e. The number of hydrogen-bond acceptors (Lipinski definition) is 6. The number of aromatic nitrogens is 2. The lowest BCUT2D eigenvalue weighted by Gasteiger charge is -2.12. The first-order valence-corrected chi connectivity index (χ1v) is 10.7. The van der Waals surface area contributed by atoms with Crippen LogP contribution in [-0.2, 0) is 29.3 Å². The van der Waals surface area contributed by atoms with Gasteiger partial charge in [0.1, 0.15) is 18.1 Å². The van der Waals surface area contributed by atoms with Crippen LogP contribution in [0.4, 0.5) is 10.1 Å². The zero-order valence-corrected chi connectivity index (χ0v) is 18.2. The summed E-state index contributed by atoms with van der Waals surface area (Å²) < 4.78 is 19.8. The second kappa shape index (κ2) is 11.3. The highest BCUT2D eigenvalue weighted by Crippen LogP contribution is 2.24. The van der Waals surface area contributed by atoms with Gasteiger partial charge in [0.15, 0.2) is 5.16 Å². The van der Waals surface area contributed by atoms with Gasteiger partial charge in [-0.05, 0) is 29.8 Å². The summed E-state index contributed by atoms with van der Waals surface area (Å²) in [6.07, 6.45) is 1.47. The molecule has 0 aliphatic heterocycles. The molecule has 32 heavy (non-hydrogen) atoms. The molecule has 8 nitrogen and oxygen atoms in total. The summed E-state index contributed by atoms with van der Waals surface area (Å²) in [5.74, 6) is -0.310. The molecule has 0 saturated heterocycles. The maximum Gasteiger partial charge on any atom is 0.240 e. The van der Waals surface area contributed by atoms with Gasteiger partial charge in [0.25, 0.3) is 0 Å². The number of nitrogens with zero attached hydrogens (tertiary/aromatic N) is 2. The van der Waals surface area contributed by atoms with Crippen LogP contribution < -0.4 is 15.4 Å². The van der Waals surface area contributed by atoms with Crippen molar-refractivity contribution in [1.29, 1.82) is 0 Å². The number of aliphatic hydroxyl groups excluding tert-OH is 1. The molecule has 0 bridgehead atoms. The van der Waals surface area contributed by atoms with Gasteiger partial charge in [-0.25, -0.2) is 9.37 Å². The molecule has 0 aliphatic rings. The maximum absolute atomic E-state index is 13.0. The summed E-state index contributed by atoms with van der Waals surface area (Å²) in [5.41, 5.74) is 1.77. The van der Waals surface area contributed by atoms with Gasteiger partial charge in [0.2, 0.25) is 11.8 Å². The number of aliphatic hydroxyl groups is 1. The Hall–Kier alpha value is -3.37. The van der Waals surface area contributed by atoms with Crippen molar-refractivity contribution in [3.8, 4) is 5.75 Å². The minimum atomic E-state index is -0.345. The molecular weight excluding hydrogens is 435 g/mol. The number of thioether (sulfide) groups is 1. The Morgan fingerprint density at radius 2 is 1.91 bits per heavy atom. The van der Waals surface area contributed by atoms with Crippen LogP contribution in [0.5, 0.6) is 5.75 Å². The molecule has 0 spiro atoms. The minimum absolute atomic E-state index is 0.0527. The molecule has 0 atom stereocenters. The van der Waals surface area contributed by atoms with Crippen LogP contribution in [0, 0.1) is 5.82 Å². The standard InChI is InChI=1S/C22H23FN4O4S/c1-31-19-5-3-2-4-18(19)26-21(30)14-32-22-25-11-17(13-28)27(22)12-20(29)24-10-15-6-8-16(23)9-7-15/h2-9,11,28H,10,12-14H2,1H3,(H,24,29)(H,26,30). The molecule has 0 aliphatic carbocycles. The van der Waals surface area contributed by atoms with Crippen LogP contribution in [0.15, 0.2) is 59.9 Å². The lowest BCUT2D eigenvalue weighted by Crippen LogP contribution is -2.28. The number of carbonyl (C=O) groups excluding carboxylic acids is 2. The number of anilines is 1. The highest BCUT2D eigenvalue weighted by Gasteiger charge is 2.15. The van der Waals surface area contributed by atoms with Crippen molar-refractivity contribution in [1.82, 2.24) is 14.9 Å². The number of methoxy groups -OCH3 is 1. The number of para-hydroxylation sites is 2. The summed E-state index contributed by atoms with van der Waals surface area (Å²) in [5, 5.41) is 15.5. The van der Waals surface area contributed by atoms with Crippen molar-refractivity contribution in [2.75, 3.05) is 18.2 Å². The Balaban J connectivity index is 1.58. The number of ether oxygens (including phenoxy) is 1. The third-order valence-electron chi connectivity index (χ3n) is 4.48. The van der Waals surface area contributed by atoms with E-state index in [0.29, 0.717) is 22.3 Å².